The molecule has 0 aliphatic rings. The molecule has 0 bridgehead atoms. The molecule has 94 valence electrons. The van der Waals surface area contributed by atoms with Crippen LogP contribution in [0.1, 0.15) is 39.2 Å². The summed E-state index contributed by atoms with van der Waals surface area (Å²) in [5, 5.41) is 10.9. The number of aryl methyl sites for hydroxylation is 1. The molecule has 0 aromatic carbocycles. The smallest absolute Gasteiger partial charge is 0.247 e. The normalized spacial score (nSPS) is 12.1. The van der Waals surface area contributed by atoms with Crippen LogP contribution in [0.5, 0.6) is 0 Å². The van der Waals surface area contributed by atoms with Crippen LogP contribution in [0.3, 0.4) is 0 Å². The topological polar surface area (TPSA) is 48.1 Å². The van der Waals surface area contributed by atoms with E-state index >= 15 is 0 Å². The quantitative estimate of drug-likeness (QED) is 0.560. The van der Waals surface area contributed by atoms with Crippen LogP contribution < -0.4 is 0 Å². The molecule has 0 unspecified atom stereocenters. The van der Waals surface area contributed by atoms with Gasteiger partial charge in [-0.15, -0.1) is 0 Å². The van der Waals surface area contributed by atoms with Crippen LogP contribution in [0.25, 0.3) is 6.08 Å². The second-order valence-corrected chi connectivity index (χ2v) is 4.67. The van der Waals surface area contributed by atoms with Crippen molar-refractivity contribution in [3.05, 3.63) is 39.8 Å². The molecule has 0 saturated carbocycles. The highest BCUT2D eigenvalue weighted by Gasteiger charge is 2.13. The van der Waals surface area contributed by atoms with Crippen molar-refractivity contribution < 1.29 is 4.92 Å². The minimum Gasteiger partial charge on any atom is -0.354 e. The van der Waals surface area contributed by atoms with Crippen LogP contribution in [0.15, 0.2) is 24.2 Å². The Labute approximate surface area is 102 Å². The third-order valence-corrected chi connectivity index (χ3v) is 2.44. The molecule has 1 rings (SSSR count). The van der Waals surface area contributed by atoms with Crippen LogP contribution in [0, 0.1) is 16.0 Å². The molecule has 17 heavy (non-hydrogen) atoms. The van der Waals surface area contributed by atoms with E-state index in [1.165, 1.54) is 0 Å². The summed E-state index contributed by atoms with van der Waals surface area (Å²) in [7, 11) is 0. The zero-order valence-electron chi connectivity index (χ0n) is 10.7. The molecule has 0 fully saturated rings. The van der Waals surface area contributed by atoms with Crippen molar-refractivity contribution in [1.29, 1.82) is 0 Å². The number of aromatic nitrogens is 1. The summed E-state index contributed by atoms with van der Waals surface area (Å²) in [4.78, 5) is 10.6. The van der Waals surface area contributed by atoms with E-state index in [4.69, 9.17) is 0 Å². The zero-order valence-corrected chi connectivity index (χ0v) is 10.7. The molecular weight excluding hydrogens is 216 g/mol. The van der Waals surface area contributed by atoms with Gasteiger partial charge in [0.1, 0.15) is 0 Å². The summed E-state index contributed by atoms with van der Waals surface area (Å²) in [5.41, 5.74) is 1.19. The van der Waals surface area contributed by atoms with Crippen LogP contribution in [-0.2, 0) is 6.54 Å². The van der Waals surface area contributed by atoms with E-state index in [9.17, 15) is 10.1 Å². The van der Waals surface area contributed by atoms with Crippen molar-refractivity contribution >= 4 is 6.08 Å². The molecule has 1 heterocycles. The first kappa shape index (κ1) is 13.5. The van der Waals surface area contributed by atoms with Gasteiger partial charge < -0.3 is 4.57 Å². The number of nitro groups is 1. The summed E-state index contributed by atoms with van der Waals surface area (Å²) < 4.78 is 2.05. The van der Waals surface area contributed by atoms with E-state index in [1.54, 1.807) is 6.08 Å². The molecule has 4 nitrogen and oxygen atoms in total. The fourth-order valence-electron chi connectivity index (χ4n) is 1.74. The van der Waals surface area contributed by atoms with Crippen molar-refractivity contribution in [3.8, 4) is 0 Å². The summed E-state index contributed by atoms with van der Waals surface area (Å²) >= 11 is 0. The minimum absolute atomic E-state index is 0.281. The molecule has 1 aromatic heterocycles. The third-order valence-electron chi connectivity index (χ3n) is 2.44. The van der Waals surface area contributed by atoms with Crippen LogP contribution in [0.2, 0.25) is 0 Å². The molecular formula is C13H20N2O2. The van der Waals surface area contributed by atoms with Crippen LogP contribution >= 0.6 is 0 Å². The van der Waals surface area contributed by atoms with Crippen molar-refractivity contribution in [2.75, 3.05) is 0 Å². The maximum atomic E-state index is 10.9. The van der Waals surface area contributed by atoms with Gasteiger partial charge in [0, 0.05) is 31.4 Å². The highest BCUT2D eigenvalue weighted by Crippen LogP contribution is 2.16. The number of hydrogen-bond donors (Lipinski definition) is 0. The van der Waals surface area contributed by atoms with E-state index in [-0.39, 0.29) is 10.6 Å². The Bertz CT molecular complexity index is 405. The maximum absolute atomic E-state index is 10.9. The first-order valence-corrected chi connectivity index (χ1v) is 6.03. The van der Waals surface area contributed by atoms with E-state index in [0.717, 1.165) is 18.5 Å². The molecule has 0 saturated heterocycles. The first-order chi connectivity index (χ1) is 8.02. The fourth-order valence-corrected chi connectivity index (χ4v) is 1.74. The Morgan fingerprint density at radius 1 is 1.59 bits per heavy atom. The lowest BCUT2D eigenvalue weighted by molar-refractivity contribution is -0.427. The molecule has 0 N–H and O–H groups in total. The van der Waals surface area contributed by atoms with Gasteiger partial charge in [0.05, 0.1) is 4.92 Å². The summed E-state index contributed by atoms with van der Waals surface area (Å²) in [6.07, 6.45) is 7.15. The fraction of sp³-hybridized carbons (Fsp3) is 0.538. The summed E-state index contributed by atoms with van der Waals surface area (Å²) in [6.45, 7) is 7.03. The lowest BCUT2D eigenvalue weighted by atomic mass is 10.1. The van der Waals surface area contributed by atoms with E-state index < -0.39 is 0 Å². The average molecular weight is 236 g/mol. The Morgan fingerprint density at radius 3 is 2.82 bits per heavy atom. The molecule has 0 amide bonds. The van der Waals surface area contributed by atoms with Gasteiger partial charge >= 0.3 is 0 Å². The van der Waals surface area contributed by atoms with E-state index in [1.807, 2.05) is 32.3 Å². The maximum Gasteiger partial charge on any atom is 0.247 e. The van der Waals surface area contributed by atoms with Gasteiger partial charge in [-0.3, -0.25) is 10.1 Å². The van der Waals surface area contributed by atoms with Gasteiger partial charge in [-0.1, -0.05) is 20.8 Å². The number of hydrogen-bond acceptors (Lipinski definition) is 2. The number of allylic oxidation sites excluding steroid dienone is 1. The van der Waals surface area contributed by atoms with Crippen molar-refractivity contribution in [2.45, 2.75) is 40.2 Å². The lowest BCUT2D eigenvalue weighted by Gasteiger charge is -2.01. The van der Waals surface area contributed by atoms with E-state index in [2.05, 4.69) is 11.5 Å². The standard InChI is InChI=1S/C13H20N2O2/c1-4-6-14-7-5-12(10-14)9-13(15(16)17)8-11(2)3/h5,7,9-11H,4,6,8H2,1-3H3. The largest absolute Gasteiger partial charge is 0.354 e. The lowest BCUT2D eigenvalue weighted by Crippen LogP contribution is -2.02. The molecule has 1 aromatic rings. The second kappa shape index (κ2) is 6.23. The Balaban J connectivity index is 2.84. The van der Waals surface area contributed by atoms with E-state index in [0.29, 0.717) is 12.3 Å². The van der Waals surface area contributed by atoms with Crippen molar-refractivity contribution in [3.63, 3.8) is 0 Å². The van der Waals surface area contributed by atoms with Gasteiger partial charge in [0.25, 0.3) is 0 Å². The zero-order chi connectivity index (χ0) is 12.8. The molecule has 0 aliphatic carbocycles. The van der Waals surface area contributed by atoms with Crippen LogP contribution in [0.4, 0.5) is 0 Å². The average Bonchev–Trinajstić information content (AvgIpc) is 2.64. The number of nitrogens with zero attached hydrogens (tertiary/aromatic N) is 2. The van der Waals surface area contributed by atoms with Gasteiger partial charge in [-0.05, 0) is 24.0 Å². The summed E-state index contributed by atoms with van der Waals surface area (Å²) in [6, 6.07) is 1.92. The van der Waals surface area contributed by atoms with Crippen molar-refractivity contribution in [2.24, 2.45) is 5.92 Å². The SMILES string of the molecule is CCCn1ccc(C=C(CC(C)C)[N+](=O)[O-])c1. The Hall–Kier alpha value is -1.58. The Kier molecular flexibility index (Phi) is 4.94. The second-order valence-electron chi connectivity index (χ2n) is 4.67. The monoisotopic (exact) mass is 236 g/mol. The third kappa shape index (κ3) is 4.43. The van der Waals surface area contributed by atoms with Gasteiger partial charge in [0.2, 0.25) is 5.70 Å². The van der Waals surface area contributed by atoms with Crippen molar-refractivity contribution in [1.82, 2.24) is 4.57 Å². The predicted molar refractivity (Wildman–Crippen MR) is 69.1 cm³/mol. The van der Waals surface area contributed by atoms with Gasteiger partial charge in [-0.2, -0.15) is 0 Å². The molecule has 0 aliphatic heterocycles. The molecule has 0 radical (unpaired) electrons. The molecule has 0 atom stereocenters. The highest BCUT2D eigenvalue weighted by atomic mass is 16.6. The number of rotatable bonds is 6. The first-order valence-electron chi connectivity index (χ1n) is 6.03. The summed E-state index contributed by atoms with van der Waals surface area (Å²) in [5.74, 6) is 0.296. The van der Waals surface area contributed by atoms with Crippen LogP contribution in [-0.4, -0.2) is 9.49 Å². The van der Waals surface area contributed by atoms with Gasteiger partial charge in [0.15, 0.2) is 0 Å². The molecule has 4 heteroatoms. The Morgan fingerprint density at radius 2 is 2.29 bits per heavy atom. The minimum atomic E-state index is -0.281. The highest BCUT2D eigenvalue weighted by molar-refractivity contribution is 5.50. The molecule has 0 spiro atoms. The predicted octanol–water partition coefficient (Wildman–Crippen LogP) is 3.56. The van der Waals surface area contributed by atoms with Gasteiger partial charge in [-0.25, -0.2) is 0 Å².